The number of imide groups is 1. The van der Waals surface area contributed by atoms with Gasteiger partial charge in [0.05, 0.1) is 0 Å². The van der Waals surface area contributed by atoms with Gasteiger partial charge in [-0.1, -0.05) is 6.07 Å². The van der Waals surface area contributed by atoms with Gasteiger partial charge in [0.25, 0.3) is 5.91 Å². The Balaban J connectivity index is 1.59. The highest BCUT2D eigenvalue weighted by Crippen LogP contribution is 2.22. The molecule has 7 nitrogen and oxygen atoms in total. The lowest BCUT2D eigenvalue weighted by Crippen LogP contribution is -2.47. The van der Waals surface area contributed by atoms with Crippen molar-refractivity contribution in [2.24, 2.45) is 5.92 Å². The molecule has 0 aromatic carbocycles. The molecule has 1 aromatic heterocycles. The first kappa shape index (κ1) is 18.4. The lowest BCUT2D eigenvalue weighted by atomic mass is 9.91. The Morgan fingerprint density at radius 3 is 2.73 bits per heavy atom. The quantitative estimate of drug-likeness (QED) is 0.827. The predicted molar refractivity (Wildman–Crippen MR) is 96.3 cm³/mol. The number of nitrogens with zero attached hydrogens (tertiary/aromatic N) is 3. The number of nitrogens with one attached hydrogen (secondary N) is 1. The first-order chi connectivity index (χ1) is 12.3. The van der Waals surface area contributed by atoms with Crippen molar-refractivity contribution in [3.63, 3.8) is 0 Å². The molecule has 2 aliphatic heterocycles. The molecule has 0 radical (unpaired) electrons. The van der Waals surface area contributed by atoms with Gasteiger partial charge in [-0.3, -0.25) is 19.5 Å². The number of aryl methyl sites for hydroxylation is 1. The number of piperidine rings is 1. The van der Waals surface area contributed by atoms with E-state index in [4.69, 9.17) is 0 Å². The van der Waals surface area contributed by atoms with E-state index in [9.17, 15) is 14.4 Å². The molecule has 1 atom stereocenters. The van der Waals surface area contributed by atoms with Crippen molar-refractivity contribution >= 4 is 17.8 Å². The Morgan fingerprint density at radius 2 is 2.12 bits per heavy atom. The van der Waals surface area contributed by atoms with Crippen LogP contribution in [-0.4, -0.2) is 57.8 Å². The molecule has 26 heavy (non-hydrogen) atoms. The van der Waals surface area contributed by atoms with E-state index in [1.165, 1.54) is 5.56 Å². The normalized spacial score (nSPS) is 22.5. The number of pyridine rings is 1. The number of rotatable bonds is 4. The summed E-state index contributed by atoms with van der Waals surface area (Å²) in [6.07, 6.45) is 4.77. The van der Waals surface area contributed by atoms with Crippen LogP contribution in [0.5, 0.6) is 0 Å². The number of hydrogen-bond acceptors (Lipinski definition) is 4. The van der Waals surface area contributed by atoms with Crippen molar-refractivity contribution in [1.29, 1.82) is 0 Å². The largest absolute Gasteiger partial charge is 0.341 e. The first-order valence-corrected chi connectivity index (χ1v) is 9.09. The molecular weight excluding hydrogens is 332 g/mol. The molecule has 0 saturated carbocycles. The maximum absolute atomic E-state index is 12.6. The molecule has 4 amide bonds. The topological polar surface area (TPSA) is 82.6 Å². The van der Waals surface area contributed by atoms with Crippen LogP contribution in [0.3, 0.4) is 0 Å². The fourth-order valence-electron chi connectivity index (χ4n) is 3.61. The summed E-state index contributed by atoms with van der Waals surface area (Å²) in [7, 11) is 0. The summed E-state index contributed by atoms with van der Waals surface area (Å²) >= 11 is 0. The summed E-state index contributed by atoms with van der Waals surface area (Å²) < 4.78 is 0. The van der Waals surface area contributed by atoms with Crippen molar-refractivity contribution in [3.05, 3.63) is 29.6 Å². The Kier molecular flexibility index (Phi) is 4.98. The zero-order chi connectivity index (χ0) is 18.9. The van der Waals surface area contributed by atoms with Crippen LogP contribution < -0.4 is 5.32 Å². The number of aromatic nitrogens is 1. The standard InChI is InChI=1S/C19H26N4O3/c1-13-6-7-14(10-20-13)9-15-5-4-8-22(11-15)16(24)12-23-17(25)19(2,3)21-18(23)26/h6-7,10,15H,4-5,8-9,11-12H2,1-3H3,(H,21,26)/t15-/m0/s1. The summed E-state index contributed by atoms with van der Waals surface area (Å²) in [4.78, 5) is 44.0. The van der Waals surface area contributed by atoms with Gasteiger partial charge in [0.15, 0.2) is 0 Å². The van der Waals surface area contributed by atoms with E-state index in [2.05, 4.69) is 16.4 Å². The van der Waals surface area contributed by atoms with Gasteiger partial charge in [0.2, 0.25) is 5.91 Å². The Labute approximate surface area is 153 Å². The highest BCUT2D eigenvalue weighted by atomic mass is 16.2. The van der Waals surface area contributed by atoms with Crippen LogP contribution >= 0.6 is 0 Å². The smallest absolute Gasteiger partial charge is 0.325 e. The minimum atomic E-state index is -0.944. The van der Waals surface area contributed by atoms with Gasteiger partial charge in [0, 0.05) is 25.0 Å². The molecule has 0 bridgehead atoms. The number of hydrogen-bond donors (Lipinski definition) is 1. The maximum Gasteiger partial charge on any atom is 0.325 e. The summed E-state index contributed by atoms with van der Waals surface area (Å²) in [6, 6.07) is 3.59. The molecule has 0 aliphatic carbocycles. The van der Waals surface area contributed by atoms with Gasteiger partial charge in [-0.2, -0.15) is 0 Å². The number of amides is 4. The number of carbonyl (C=O) groups is 3. The molecular formula is C19H26N4O3. The molecule has 140 valence electrons. The van der Waals surface area contributed by atoms with Gasteiger partial charge in [-0.25, -0.2) is 4.79 Å². The lowest BCUT2D eigenvalue weighted by Gasteiger charge is -2.33. The average Bonchev–Trinajstić information content (AvgIpc) is 2.79. The third-order valence-electron chi connectivity index (χ3n) is 5.11. The molecule has 2 aliphatic rings. The SMILES string of the molecule is Cc1ccc(C[C@@H]2CCCN(C(=O)CN3C(=O)NC(C)(C)C3=O)C2)cn1. The number of likely N-dealkylation sites (tertiary alicyclic amines) is 1. The van der Waals surface area contributed by atoms with Crippen molar-refractivity contribution in [1.82, 2.24) is 20.1 Å². The minimum Gasteiger partial charge on any atom is -0.341 e. The van der Waals surface area contributed by atoms with Crippen LogP contribution in [0.4, 0.5) is 4.79 Å². The minimum absolute atomic E-state index is 0.169. The zero-order valence-electron chi connectivity index (χ0n) is 15.6. The Hall–Kier alpha value is -2.44. The van der Waals surface area contributed by atoms with E-state index in [1.54, 1.807) is 18.7 Å². The average molecular weight is 358 g/mol. The molecule has 1 aromatic rings. The van der Waals surface area contributed by atoms with E-state index >= 15 is 0 Å². The fourth-order valence-corrected chi connectivity index (χ4v) is 3.61. The summed E-state index contributed by atoms with van der Waals surface area (Å²) in [5, 5.41) is 2.61. The van der Waals surface area contributed by atoms with Crippen LogP contribution in [-0.2, 0) is 16.0 Å². The van der Waals surface area contributed by atoms with E-state index in [-0.39, 0.29) is 18.4 Å². The zero-order valence-corrected chi connectivity index (χ0v) is 15.6. The molecule has 3 rings (SSSR count). The number of carbonyl (C=O) groups excluding carboxylic acids is 3. The maximum atomic E-state index is 12.6. The summed E-state index contributed by atoms with van der Waals surface area (Å²) in [6.45, 7) is 6.39. The van der Waals surface area contributed by atoms with E-state index < -0.39 is 11.6 Å². The molecule has 0 unspecified atom stereocenters. The van der Waals surface area contributed by atoms with Gasteiger partial charge < -0.3 is 10.2 Å². The van der Waals surface area contributed by atoms with Crippen molar-refractivity contribution in [2.45, 2.75) is 45.6 Å². The molecule has 7 heteroatoms. The van der Waals surface area contributed by atoms with Gasteiger partial charge in [-0.15, -0.1) is 0 Å². The van der Waals surface area contributed by atoms with E-state index in [0.717, 1.165) is 29.9 Å². The predicted octanol–water partition coefficient (Wildman–Crippen LogP) is 1.50. The van der Waals surface area contributed by atoms with Crippen molar-refractivity contribution in [2.75, 3.05) is 19.6 Å². The van der Waals surface area contributed by atoms with Gasteiger partial charge in [0.1, 0.15) is 12.1 Å². The Morgan fingerprint density at radius 1 is 1.35 bits per heavy atom. The monoisotopic (exact) mass is 358 g/mol. The Bertz CT molecular complexity index is 714. The van der Waals surface area contributed by atoms with Gasteiger partial charge in [-0.05, 0) is 57.6 Å². The van der Waals surface area contributed by atoms with Crippen molar-refractivity contribution in [3.8, 4) is 0 Å². The van der Waals surface area contributed by atoms with Crippen LogP contribution in [0.15, 0.2) is 18.3 Å². The lowest BCUT2D eigenvalue weighted by molar-refractivity contribution is -0.139. The van der Waals surface area contributed by atoms with Crippen LogP contribution in [0.2, 0.25) is 0 Å². The highest BCUT2D eigenvalue weighted by Gasteiger charge is 2.45. The van der Waals surface area contributed by atoms with E-state index in [1.807, 2.05) is 19.2 Å². The molecule has 2 fully saturated rings. The van der Waals surface area contributed by atoms with E-state index in [0.29, 0.717) is 19.0 Å². The molecule has 1 N–H and O–H groups in total. The third kappa shape index (κ3) is 3.86. The van der Waals surface area contributed by atoms with Crippen LogP contribution in [0, 0.1) is 12.8 Å². The second kappa shape index (κ2) is 7.05. The fraction of sp³-hybridized carbons (Fsp3) is 0.579. The molecule has 3 heterocycles. The van der Waals surface area contributed by atoms with Gasteiger partial charge >= 0.3 is 6.03 Å². The summed E-state index contributed by atoms with van der Waals surface area (Å²) in [5.41, 5.74) is 1.22. The molecule has 2 saturated heterocycles. The second-order valence-corrected chi connectivity index (χ2v) is 7.81. The van der Waals surface area contributed by atoms with Crippen LogP contribution in [0.25, 0.3) is 0 Å². The van der Waals surface area contributed by atoms with Crippen LogP contribution in [0.1, 0.15) is 37.9 Å². The summed E-state index contributed by atoms with van der Waals surface area (Å²) in [5.74, 6) is -0.148. The molecule has 0 spiro atoms. The van der Waals surface area contributed by atoms with Crippen molar-refractivity contribution < 1.29 is 14.4 Å². The third-order valence-corrected chi connectivity index (χ3v) is 5.11. The highest BCUT2D eigenvalue weighted by molar-refractivity contribution is 6.08. The first-order valence-electron chi connectivity index (χ1n) is 9.09. The number of urea groups is 1. The second-order valence-electron chi connectivity index (χ2n) is 7.81.